The van der Waals surface area contributed by atoms with Gasteiger partial charge in [-0.05, 0) is 54.6 Å². The van der Waals surface area contributed by atoms with Gasteiger partial charge in [-0.2, -0.15) is 0 Å². The number of aromatic nitrogens is 1. The molecule has 0 aliphatic carbocycles. The monoisotopic (exact) mass is 494 g/mol. The van der Waals surface area contributed by atoms with Crippen molar-refractivity contribution in [2.45, 2.75) is 24.8 Å². The number of nitrogens with zero attached hydrogens (tertiary/aromatic N) is 2. The largest absolute Gasteiger partial charge is 0.466 e. The number of ether oxygens (including phenoxy) is 2. The van der Waals surface area contributed by atoms with Crippen molar-refractivity contribution in [3.63, 3.8) is 0 Å². The molecule has 7 nitrogen and oxygen atoms in total. The van der Waals surface area contributed by atoms with Crippen LogP contribution in [0.2, 0.25) is 0 Å². The van der Waals surface area contributed by atoms with E-state index in [-0.39, 0.29) is 5.56 Å². The zero-order valence-electron chi connectivity index (χ0n) is 19.0. The van der Waals surface area contributed by atoms with Gasteiger partial charge in [0.05, 0.1) is 29.0 Å². The molecule has 2 heterocycles. The Hall–Kier alpha value is -3.43. The van der Waals surface area contributed by atoms with Gasteiger partial charge in [0.25, 0.3) is 5.56 Å². The minimum Gasteiger partial charge on any atom is -0.466 e. The van der Waals surface area contributed by atoms with Crippen LogP contribution in [0.1, 0.15) is 31.0 Å². The molecule has 3 aromatic rings. The molecule has 0 bridgehead atoms. The van der Waals surface area contributed by atoms with Crippen LogP contribution in [-0.2, 0) is 14.3 Å². The Morgan fingerprint density at radius 3 is 2.38 bits per heavy atom. The molecular weight excluding hydrogens is 472 g/mol. The summed E-state index contributed by atoms with van der Waals surface area (Å²) in [6.45, 7) is 3.09. The number of thiazole rings is 1. The van der Waals surface area contributed by atoms with Gasteiger partial charge in [0, 0.05) is 11.8 Å². The van der Waals surface area contributed by atoms with Crippen LogP contribution >= 0.6 is 23.1 Å². The molecule has 1 aliphatic heterocycles. The third-order valence-electron chi connectivity index (χ3n) is 5.30. The van der Waals surface area contributed by atoms with Gasteiger partial charge in [-0.25, -0.2) is 9.79 Å². The summed E-state index contributed by atoms with van der Waals surface area (Å²) in [5.41, 5.74) is 2.17. The van der Waals surface area contributed by atoms with E-state index in [1.54, 1.807) is 53.6 Å². The number of carbonyl (C=O) groups is 2. The number of fused-ring (bicyclic) bond motifs is 1. The molecule has 1 aliphatic rings. The maximum atomic E-state index is 13.5. The molecule has 0 unspecified atom stereocenters. The van der Waals surface area contributed by atoms with E-state index in [0.717, 1.165) is 16.0 Å². The first kappa shape index (κ1) is 23.7. The molecule has 0 spiro atoms. The van der Waals surface area contributed by atoms with Crippen molar-refractivity contribution in [2.75, 3.05) is 13.4 Å². The van der Waals surface area contributed by atoms with Gasteiger partial charge in [0.15, 0.2) is 4.80 Å². The number of hydrogen-bond acceptors (Lipinski definition) is 8. The zero-order valence-corrected chi connectivity index (χ0v) is 20.7. The van der Waals surface area contributed by atoms with E-state index in [1.165, 1.54) is 25.4 Å². The topological polar surface area (TPSA) is 87.0 Å². The van der Waals surface area contributed by atoms with Crippen LogP contribution in [-0.4, -0.2) is 29.9 Å². The fourth-order valence-corrected chi connectivity index (χ4v) is 5.20. The highest BCUT2D eigenvalue weighted by molar-refractivity contribution is 7.98. The molecule has 0 saturated heterocycles. The Morgan fingerprint density at radius 2 is 1.79 bits per heavy atom. The van der Waals surface area contributed by atoms with E-state index in [9.17, 15) is 14.4 Å². The van der Waals surface area contributed by atoms with Crippen LogP contribution < -0.4 is 19.6 Å². The van der Waals surface area contributed by atoms with Crippen LogP contribution in [0.5, 0.6) is 5.75 Å². The molecule has 1 aromatic heterocycles. The Labute approximate surface area is 204 Å². The number of thioether (sulfide) groups is 1. The lowest BCUT2D eigenvalue weighted by atomic mass is 9.96. The number of esters is 2. The quantitative estimate of drug-likeness (QED) is 0.308. The van der Waals surface area contributed by atoms with Gasteiger partial charge >= 0.3 is 11.9 Å². The van der Waals surface area contributed by atoms with Crippen molar-refractivity contribution in [2.24, 2.45) is 4.99 Å². The van der Waals surface area contributed by atoms with Crippen molar-refractivity contribution in [3.05, 3.63) is 90.6 Å². The summed E-state index contributed by atoms with van der Waals surface area (Å²) in [6.07, 6.45) is 3.74. The molecule has 0 radical (unpaired) electrons. The summed E-state index contributed by atoms with van der Waals surface area (Å²) in [7, 11) is 1.32. The van der Waals surface area contributed by atoms with Crippen molar-refractivity contribution in [3.8, 4) is 5.75 Å². The van der Waals surface area contributed by atoms with E-state index in [2.05, 4.69) is 4.99 Å². The normalized spacial score (nSPS) is 15.5. The average Bonchev–Trinajstić information content (AvgIpc) is 3.13. The molecule has 0 saturated carbocycles. The van der Waals surface area contributed by atoms with Crippen molar-refractivity contribution >= 4 is 41.1 Å². The average molecular weight is 495 g/mol. The van der Waals surface area contributed by atoms with Gasteiger partial charge in [-0.15, -0.1) is 11.8 Å². The highest BCUT2D eigenvalue weighted by Gasteiger charge is 2.33. The van der Waals surface area contributed by atoms with E-state index >= 15 is 0 Å². The van der Waals surface area contributed by atoms with E-state index < -0.39 is 18.0 Å². The molecule has 9 heteroatoms. The molecular formula is C25H22N2O5S2. The molecule has 0 fully saturated rings. The van der Waals surface area contributed by atoms with E-state index in [4.69, 9.17) is 9.47 Å². The highest BCUT2D eigenvalue weighted by atomic mass is 32.2. The third-order valence-corrected chi connectivity index (χ3v) is 7.02. The van der Waals surface area contributed by atoms with E-state index in [0.29, 0.717) is 26.4 Å². The number of allylic oxidation sites excluding steroid dienone is 1. The van der Waals surface area contributed by atoms with Crippen molar-refractivity contribution in [1.82, 2.24) is 4.57 Å². The van der Waals surface area contributed by atoms with Crippen LogP contribution in [0.3, 0.4) is 0 Å². The summed E-state index contributed by atoms with van der Waals surface area (Å²) >= 11 is 2.87. The molecule has 0 N–H and O–H groups in total. The second kappa shape index (κ2) is 9.82. The fraction of sp³-hybridized carbons (Fsp3) is 0.200. The summed E-state index contributed by atoms with van der Waals surface area (Å²) in [5, 5.41) is 0. The molecule has 0 amide bonds. The summed E-state index contributed by atoms with van der Waals surface area (Å²) in [5.74, 6) is -0.489. The second-order valence-electron chi connectivity index (χ2n) is 7.51. The lowest BCUT2D eigenvalue weighted by Crippen LogP contribution is -2.39. The van der Waals surface area contributed by atoms with Crippen LogP contribution in [0.4, 0.5) is 0 Å². The maximum absolute atomic E-state index is 13.5. The Morgan fingerprint density at radius 1 is 1.12 bits per heavy atom. The van der Waals surface area contributed by atoms with Gasteiger partial charge in [-0.1, -0.05) is 35.6 Å². The Bertz CT molecular complexity index is 1470. The van der Waals surface area contributed by atoms with Gasteiger partial charge in [0.1, 0.15) is 5.75 Å². The number of hydrogen-bond donors (Lipinski definition) is 0. The van der Waals surface area contributed by atoms with Gasteiger partial charge in [-0.3, -0.25) is 14.2 Å². The molecule has 34 heavy (non-hydrogen) atoms. The van der Waals surface area contributed by atoms with Crippen LogP contribution in [0.25, 0.3) is 6.08 Å². The highest BCUT2D eigenvalue weighted by Crippen LogP contribution is 2.31. The molecule has 4 rings (SSSR count). The number of rotatable bonds is 5. The van der Waals surface area contributed by atoms with Crippen molar-refractivity contribution < 1.29 is 19.1 Å². The third kappa shape index (κ3) is 4.62. The lowest BCUT2D eigenvalue weighted by Gasteiger charge is -2.24. The van der Waals surface area contributed by atoms with Crippen molar-refractivity contribution in [1.29, 1.82) is 0 Å². The predicted octanol–water partition coefficient (Wildman–Crippen LogP) is 3.06. The first-order valence-electron chi connectivity index (χ1n) is 10.4. The Balaban J connectivity index is 1.86. The SMILES string of the molecule is COC(=O)C1=C(C)N=c2s/c(=C/c3ccc(OC(C)=O)cc3)c(=O)n2[C@@H]1c1ccc(SC)cc1. The van der Waals surface area contributed by atoms with Crippen LogP contribution in [0, 0.1) is 0 Å². The fourth-order valence-electron chi connectivity index (χ4n) is 3.74. The zero-order chi connectivity index (χ0) is 24.4. The smallest absolute Gasteiger partial charge is 0.338 e. The predicted molar refractivity (Wildman–Crippen MR) is 132 cm³/mol. The Kier molecular flexibility index (Phi) is 6.85. The number of methoxy groups -OCH3 is 1. The minimum atomic E-state index is -0.645. The first-order chi connectivity index (χ1) is 16.3. The maximum Gasteiger partial charge on any atom is 0.338 e. The summed E-state index contributed by atoms with van der Waals surface area (Å²) < 4.78 is 12.1. The molecule has 1 atom stereocenters. The van der Waals surface area contributed by atoms with E-state index in [1.807, 2.05) is 30.5 Å². The minimum absolute atomic E-state index is 0.249. The molecule has 2 aromatic carbocycles. The summed E-state index contributed by atoms with van der Waals surface area (Å²) in [4.78, 5) is 43.5. The number of carbonyl (C=O) groups excluding carboxylic acids is 2. The lowest BCUT2D eigenvalue weighted by molar-refractivity contribution is -0.136. The summed E-state index contributed by atoms with van der Waals surface area (Å²) in [6, 6.07) is 14.0. The second-order valence-corrected chi connectivity index (χ2v) is 9.40. The standard InChI is InChI=1S/C25H22N2O5S2/c1-14-21(24(30)31-3)22(17-7-11-19(33-4)12-8-17)27-23(29)20(34-25(27)26-14)13-16-5-9-18(10-6-16)32-15(2)28/h5-13,22H,1-4H3/b20-13+/t22-/m1/s1. The van der Waals surface area contributed by atoms with Gasteiger partial charge < -0.3 is 9.47 Å². The van der Waals surface area contributed by atoms with Crippen LogP contribution in [0.15, 0.2) is 74.5 Å². The number of benzene rings is 2. The first-order valence-corrected chi connectivity index (χ1v) is 12.4. The molecule has 174 valence electrons. The van der Waals surface area contributed by atoms with Gasteiger partial charge in [0.2, 0.25) is 0 Å².